The maximum absolute atomic E-state index is 12.2. The Labute approximate surface area is 158 Å². The lowest BCUT2D eigenvalue weighted by molar-refractivity contribution is 0.239. The maximum atomic E-state index is 12.2. The quantitative estimate of drug-likeness (QED) is 0.680. The summed E-state index contributed by atoms with van der Waals surface area (Å²) in [6, 6.07) is 18.4. The molecule has 2 aromatic carbocycles. The molecule has 27 heavy (non-hydrogen) atoms. The van der Waals surface area contributed by atoms with Crippen LogP contribution in [-0.2, 0) is 18.5 Å². The van der Waals surface area contributed by atoms with E-state index in [0.717, 1.165) is 24.0 Å². The minimum atomic E-state index is -0.126. The fraction of sp³-hybridized carbons (Fsp3) is 0.286. The SMILES string of the molecule is O=C(NCc1cccc(Cn2cncn2)c1)NCC1(c2ccccc2)CC1. The van der Waals surface area contributed by atoms with Gasteiger partial charge in [-0.3, -0.25) is 0 Å². The lowest BCUT2D eigenvalue weighted by atomic mass is 9.96. The molecular weight excluding hydrogens is 338 g/mol. The molecule has 1 aliphatic carbocycles. The summed E-state index contributed by atoms with van der Waals surface area (Å²) in [6.07, 6.45) is 5.47. The number of hydrogen-bond acceptors (Lipinski definition) is 3. The third-order valence-corrected chi connectivity index (χ3v) is 5.08. The van der Waals surface area contributed by atoms with Crippen molar-refractivity contribution < 1.29 is 4.79 Å². The van der Waals surface area contributed by atoms with Crippen molar-refractivity contribution in [2.75, 3.05) is 6.54 Å². The summed E-state index contributed by atoms with van der Waals surface area (Å²) in [5, 5.41) is 10.1. The average molecular weight is 361 g/mol. The summed E-state index contributed by atoms with van der Waals surface area (Å²) in [4.78, 5) is 16.2. The van der Waals surface area contributed by atoms with Gasteiger partial charge in [-0.1, -0.05) is 54.6 Å². The van der Waals surface area contributed by atoms with Gasteiger partial charge in [0.15, 0.2) is 0 Å². The van der Waals surface area contributed by atoms with Gasteiger partial charge in [0.1, 0.15) is 12.7 Å². The van der Waals surface area contributed by atoms with Crippen molar-refractivity contribution in [1.82, 2.24) is 25.4 Å². The molecule has 0 atom stereocenters. The second kappa shape index (κ2) is 7.61. The molecule has 6 heteroatoms. The number of nitrogens with one attached hydrogen (secondary N) is 2. The number of hydrogen-bond donors (Lipinski definition) is 2. The first-order valence-electron chi connectivity index (χ1n) is 9.21. The number of carbonyl (C=O) groups is 1. The fourth-order valence-electron chi connectivity index (χ4n) is 3.34. The molecule has 0 saturated heterocycles. The molecule has 138 valence electrons. The Morgan fingerprint density at radius 2 is 1.85 bits per heavy atom. The monoisotopic (exact) mass is 361 g/mol. The van der Waals surface area contributed by atoms with Crippen LogP contribution in [0.3, 0.4) is 0 Å². The smallest absolute Gasteiger partial charge is 0.315 e. The van der Waals surface area contributed by atoms with Gasteiger partial charge in [-0.2, -0.15) is 5.10 Å². The Hall–Kier alpha value is -3.15. The Bertz CT molecular complexity index is 888. The number of rotatable bonds is 7. The van der Waals surface area contributed by atoms with Gasteiger partial charge in [-0.25, -0.2) is 14.5 Å². The zero-order valence-corrected chi connectivity index (χ0v) is 15.1. The van der Waals surface area contributed by atoms with Gasteiger partial charge in [0.2, 0.25) is 0 Å². The van der Waals surface area contributed by atoms with Gasteiger partial charge in [-0.05, 0) is 29.5 Å². The topological polar surface area (TPSA) is 71.8 Å². The molecule has 1 saturated carbocycles. The molecule has 6 nitrogen and oxygen atoms in total. The van der Waals surface area contributed by atoms with E-state index in [4.69, 9.17) is 0 Å². The van der Waals surface area contributed by atoms with Gasteiger partial charge in [-0.15, -0.1) is 0 Å². The first-order valence-corrected chi connectivity index (χ1v) is 9.21. The summed E-state index contributed by atoms with van der Waals surface area (Å²) in [5.41, 5.74) is 3.62. The predicted octanol–water partition coefficient (Wildman–Crippen LogP) is 2.86. The largest absolute Gasteiger partial charge is 0.337 e. The number of carbonyl (C=O) groups excluding carboxylic acids is 1. The molecule has 2 amide bonds. The zero-order chi connectivity index (χ0) is 18.5. The summed E-state index contributed by atoms with van der Waals surface area (Å²) in [5.74, 6) is 0. The van der Waals surface area contributed by atoms with Crippen LogP contribution in [0.2, 0.25) is 0 Å². The Balaban J connectivity index is 1.27. The maximum Gasteiger partial charge on any atom is 0.315 e. The van der Waals surface area contributed by atoms with Gasteiger partial charge < -0.3 is 10.6 Å². The standard InChI is InChI=1S/C21H23N5O/c27-20(24-14-21(9-10-21)19-7-2-1-3-8-19)23-12-17-5-4-6-18(11-17)13-26-16-22-15-25-26/h1-8,11,15-16H,9-10,12-14H2,(H2,23,24,27). The van der Waals surface area contributed by atoms with E-state index in [0.29, 0.717) is 19.6 Å². The molecule has 0 radical (unpaired) electrons. The van der Waals surface area contributed by atoms with Gasteiger partial charge in [0.25, 0.3) is 0 Å². The molecule has 1 fully saturated rings. The lowest BCUT2D eigenvalue weighted by Gasteiger charge is -2.17. The second-order valence-electron chi connectivity index (χ2n) is 7.10. The van der Waals surface area contributed by atoms with E-state index in [-0.39, 0.29) is 11.4 Å². The first kappa shape index (κ1) is 17.3. The summed E-state index contributed by atoms with van der Waals surface area (Å²) >= 11 is 0. The summed E-state index contributed by atoms with van der Waals surface area (Å²) in [6.45, 7) is 1.84. The van der Waals surface area contributed by atoms with E-state index >= 15 is 0 Å². The van der Waals surface area contributed by atoms with Crippen molar-refractivity contribution in [3.63, 3.8) is 0 Å². The van der Waals surface area contributed by atoms with Crippen molar-refractivity contribution in [3.05, 3.63) is 83.9 Å². The summed E-state index contributed by atoms with van der Waals surface area (Å²) in [7, 11) is 0. The van der Waals surface area contributed by atoms with Crippen LogP contribution in [0.5, 0.6) is 0 Å². The zero-order valence-electron chi connectivity index (χ0n) is 15.1. The van der Waals surface area contributed by atoms with Gasteiger partial charge in [0, 0.05) is 18.5 Å². The first-order chi connectivity index (χ1) is 13.2. The Morgan fingerprint density at radius 3 is 2.59 bits per heavy atom. The van der Waals surface area contributed by atoms with Crippen LogP contribution in [0, 0.1) is 0 Å². The van der Waals surface area contributed by atoms with Crippen LogP contribution >= 0.6 is 0 Å². The van der Waals surface area contributed by atoms with Crippen LogP contribution < -0.4 is 10.6 Å². The van der Waals surface area contributed by atoms with Gasteiger partial charge >= 0.3 is 6.03 Å². The fourth-order valence-corrected chi connectivity index (χ4v) is 3.34. The Morgan fingerprint density at radius 1 is 1.04 bits per heavy atom. The second-order valence-corrected chi connectivity index (χ2v) is 7.10. The minimum Gasteiger partial charge on any atom is -0.337 e. The van der Waals surface area contributed by atoms with Crippen molar-refractivity contribution >= 4 is 6.03 Å². The number of aromatic nitrogens is 3. The van der Waals surface area contributed by atoms with E-state index in [1.165, 1.54) is 11.9 Å². The minimum absolute atomic E-state index is 0.121. The molecule has 2 N–H and O–H groups in total. The van der Waals surface area contributed by atoms with Crippen molar-refractivity contribution in [3.8, 4) is 0 Å². The van der Waals surface area contributed by atoms with Crippen molar-refractivity contribution in [1.29, 1.82) is 0 Å². The summed E-state index contributed by atoms with van der Waals surface area (Å²) < 4.78 is 1.78. The highest BCUT2D eigenvalue weighted by atomic mass is 16.2. The molecule has 0 aliphatic heterocycles. The van der Waals surface area contributed by atoms with Crippen LogP contribution in [-0.4, -0.2) is 27.3 Å². The predicted molar refractivity (Wildman–Crippen MR) is 103 cm³/mol. The van der Waals surface area contributed by atoms with Crippen LogP contribution in [0.1, 0.15) is 29.5 Å². The third-order valence-electron chi connectivity index (χ3n) is 5.08. The highest BCUT2D eigenvalue weighted by Crippen LogP contribution is 2.47. The van der Waals surface area contributed by atoms with Crippen LogP contribution in [0.4, 0.5) is 4.79 Å². The average Bonchev–Trinajstić information content (AvgIpc) is 3.34. The van der Waals surface area contributed by atoms with E-state index < -0.39 is 0 Å². The number of nitrogens with zero attached hydrogens (tertiary/aromatic N) is 3. The van der Waals surface area contributed by atoms with Crippen molar-refractivity contribution in [2.24, 2.45) is 0 Å². The molecule has 0 spiro atoms. The highest BCUT2D eigenvalue weighted by molar-refractivity contribution is 5.74. The van der Waals surface area contributed by atoms with E-state index in [2.05, 4.69) is 51.0 Å². The third kappa shape index (κ3) is 4.34. The molecule has 1 heterocycles. The van der Waals surface area contributed by atoms with Crippen LogP contribution in [0.25, 0.3) is 0 Å². The van der Waals surface area contributed by atoms with Crippen molar-refractivity contribution in [2.45, 2.75) is 31.3 Å². The van der Waals surface area contributed by atoms with E-state index in [9.17, 15) is 4.79 Å². The molecule has 1 aliphatic rings. The molecule has 0 bridgehead atoms. The molecule has 1 aromatic heterocycles. The number of amides is 2. The Kier molecular flexibility index (Phi) is 4.87. The molecule has 0 unspecified atom stereocenters. The van der Waals surface area contributed by atoms with E-state index in [1.54, 1.807) is 11.0 Å². The van der Waals surface area contributed by atoms with E-state index in [1.807, 2.05) is 24.3 Å². The number of urea groups is 1. The van der Waals surface area contributed by atoms with Crippen LogP contribution in [0.15, 0.2) is 67.3 Å². The molecule has 3 aromatic rings. The number of benzene rings is 2. The van der Waals surface area contributed by atoms with Gasteiger partial charge in [0.05, 0.1) is 6.54 Å². The lowest BCUT2D eigenvalue weighted by Crippen LogP contribution is -2.39. The normalized spacial score (nSPS) is 14.5. The molecular formula is C21H23N5O. The molecule has 4 rings (SSSR count). The highest BCUT2D eigenvalue weighted by Gasteiger charge is 2.44.